The number of likely N-dealkylation sites (tertiary alicyclic amines) is 1. The Morgan fingerprint density at radius 2 is 2.00 bits per heavy atom. The van der Waals surface area contributed by atoms with Gasteiger partial charge in [-0.05, 0) is 43.5 Å². The zero-order valence-corrected chi connectivity index (χ0v) is 18.0. The molecule has 3 aromatic rings. The summed E-state index contributed by atoms with van der Waals surface area (Å²) < 4.78 is 39.0. The van der Waals surface area contributed by atoms with Crippen LogP contribution in [0.3, 0.4) is 0 Å². The summed E-state index contributed by atoms with van der Waals surface area (Å²) >= 11 is 1.02. The van der Waals surface area contributed by atoms with Gasteiger partial charge in [0.15, 0.2) is 0 Å². The minimum absolute atomic E-state index is 0.0756. The summed E-state index contributed by atoms with van der Waals surface area (Å²) in [6, 6.07) is 6.66. The van der Waals surface area contributed by atoms with Crippen LogP contribution in [0.1, 0.15) is 29.1 Å². The van der Waals surface area contributed by atoms with Gasteiger partial charge in [0.05, 0.1) is 18.4 Å². The van der Waals surface area contributed by atoms with Crippen molar-refractivity contribution >= 4 is 33.0 Å². The molecule has 1 aromatic carbocycles. The average molecular weight is 449 g/mol. The number of hydrogen-bond acceptors (Lipinski definition) is 8. The molecule has 0 radical (unpaired) electrons. The van der Waals surface area contributed by atoms with Crippen LogP contribution in [0.15, 0.2) is 38.3 Å². The maximum absolute atomic E-state index is 12.8. The molecule has 3 heterocycles. The van der Waals surface area contributed by atoms with Crippen LogP contribution in [0.25, 0.3) is 11.5 Å². The van der Waals surface area contributed by atoms with Crippen molar-refractivity contribution in [3.05, 3.63) is 41.1 Å². The van der Waals surface area contributed by atoms with Gasteiger partial charge in [-0.1, -0.05) is 6.07 Å². The fraction of sp³-hybridized carbons (Fsp3) is 0.316. The van der Waals surface area contributed by atoms with Crippen LogP contribution in [0.5, 0.6) is 5.75 Å². The van der Waals surface area contributed by atoms with E-state index >= 15 is 0 Å². The first-order chi connectivity index (χ1) is 14.4. The molecule has 9 nitrogen and oxygen atoms in total. The first-order valence-electron chi connectivity index (χ1n) is 9.26. The van der Waals surface area contributed by atoms with Crippen molar-refractivity contribution in [2.24, 2.45) is 0 Å². The molecule has 1 N–H and O–H groups in total. The third-order valence-electron chi connectivity index (χ3n) is 4.69. The average Bonchev–Trinajstić information content (AvgIpc) is 3.48. The number of thiophene rings is 1. The van der Waals surface area contributed by atoms with Crippen molar-refractivity contribution in [2.45, 2.75) is 24.0 Å². The number of carbonyl (C=O) groups is 1. The lowest BCUT2D eigenvalue weighted by atomic mass is 10.2. The minimum atomic E-state index is -3.85. The number of hydrogen-bond donors (Lipinski definition) is 1. The Hall–Kier alpha value is -2.92. The fourth-order valence-electron chi connectivity index (χ4n) is 3.15. The van der Waals surface area contributed by atoms with Gasteiger partial charge in [0.25, 0.3) is 10.0 Å². The number of aromatic nitrogens is 2. The maximum atomic E-state index is 12.8. The Morgan fingerprint density at radius 1 is 1.23 bits per heavy atom. The van der Waals surface area contributed by atoms with Crippen molar-refractivity contribution < 1.29 is 22.4 Å². The van der Waals surface area contributed by atoms with Gasteiger partial charge < -0.3 is 14.1 Å². The molecular weight excluding hydrogens is 428 g/mol. The van der Waals surface area contributed by atoms with E-state index in [-0.39, 0.29) is 21.9 Å². The molecule has 1 saturated heterocycles. The minimum Gasteiger partial charge on any atom is -0.495 e. The number of nitrogens with zero attached hydrogens (tertiary/aromatic N) is 3. The molecule has 0 saturated carbocycles. The number of nitrogens with one attached hydrogen (secondary N) is 1. The third-order valence-corrected chi connectivity index (χ3v) is 7.49. The quantitative estimate of drug-likeness (QED) is 0.616. The predicted molar refractivity (Wildman–Crippen MR) is 111 cm³/mol. The predicted octanol–water partition coefficient (Wildman–Crippen LogP) is 3.15. The number of rotatable bonds is 6. The van der Waals surface area contributed by atoms with E-state index in [9.17, 15) is 13.2 Å². The molecular formula is C19H20N4O5S2. The Bertz CT molecular complexity index is 1180. The van der Waals surface area contributed by atoms with Crippen LogP contribution in [-0.4, -0.2) is 49.6 Å². The monoisotopic (exact) mass is 448 g/mol. The smallest absolute Gasteiger partial charge is 0.311 e. The van der Waals surface area contributed by atoms with Crippen molar-refractivity contribution in [1.82, 2.24) is 15.1 Å². The topological polar surface area (TPSA) is 115 Å². The second-order valence-electron chi connectivity index (χ2n) is 6.88. The Morgan fingerprint density at radius 3 is 2.73 bits per heavy atom. The molecule has 0 aliphatic carbocycles. The van der Waals surface area contributed by atoms with E-state index in [1.807, 2.05) is 13.0 Å². The highest BCUT2D eigenvalue weighted by atomic mass is 32.2. The van der Waals surface area contributed by atoms with Gasteiger partial charge in [0.2, 0.25) is 5.89 Å². The largest absolute Gasteiger partial charge is 0.495 e. The molecule has 0 atom stereocenters. The van der Waals surface area contributed by atoms with E-state index < -0.39 is 10.0 Å². The molecule has 11 heteroatoms. The number of benzene rings is 1. The van der Waals surface area contributed by atoms with E-state index in [4.69, 9.17) is 9.15 Å². The molecule has 1 aliphatic rings. The second-order valence-corrected chi connectivity index (χ2v) is 9.70. The van der Waals surface area contributed by atoms with Crippen molar-refractivity contribution in [2.75, 3.05) is 24.9 Å². The summed E-state index contributed by atoms with van der Waals surface area (Å²) in [6.45, 7) is 3.20. The Balaban J connectivity index is 1.55. The highest BCUT2D eigenvalue weighted by Crippen LogP contribution is 2.32. The van der Waals surface area contributed by atoms with Gasteiger partial charge in [-0.15, -0.1) is 21.5 Å². The van der Waals surface area contributed by atoms with Gasteiger partial charge in [0.1, 0.15) is 9.96 Å². The van der Waals surface area contributed by atoms with E-state index in [1.54, 1.807) is 22.4 Å². The summed E-state index contributed by atoms with van der Waals surface area (Å²) in [6.07, 6.45) is 1.91. The van der Waals surface area contributed by atoms with Crippen LogP contribution in [0, 0.1) is 6.92 Å². The standard InChI is InChI=1S/C19H20N4O5S2/c1-12-5-6-15(27-2)14(9-12)22-30(25,26)16-10-13(11-29-16)17-20-21-18(28-17)19(24)23-7-3-4-8-23/h5-6,9-11,22H,3-4,7-8H2,1-2H3. The van der Waals surface area contributed by atoms with E-state index in [1.165, 1.54) is 13.2 Å². The third kappa shape index (κ3) is 4.03. The molecule has 30 heavy (non-hydrogen) atoms. The summed E-state index contributed by atoms with van der Waals surface area (Å²) in [5.41, 5.74) is 1.68. The maximum Gasteiger partial charge on any atom is 0.311 e. The normalized spacial score (nSPS) is 14.1. The zero-order chi connectivity index (χ0) is 21.3. The SMILES string of the molecule is COc1ccc(C)cc1NS(=O)(=O)c1cc(-c2nnc(C(=O)N3CCCC3)o2)cs1. The molecule has 0 bridgehead atoms. The number of amides is 1. The summed E-state index contributed by atoms with van der Waals surface area (Å²) in [7, 11) is -2.37. The fourth-order valence-corrected chi connectivity index (χ4v) is 5.36. The summed E-state index contributed by atoms with van der Waals surface area (Å²) in [5.74, 6) is 0.124. The zero-order valence-electron chi connectivity index (χ0n) is 16.4. The van der Waals surface area contributed by atoms with E-state index in [0.717, 1.165) is 29.7 Å². The first kappa shape index (κ1) is 20.4. The van der Waals surface area contributed by atoms with Gasteiger partial charge in [0, 0.05) is 18.5 Å². The molecule has 1 amide bonds. The second kappa shape index (κ2) is 8.07. The summed E-state index contributed by atoms with van der Waals surface area (Å²) in [4.78, 5) is 14.0. The lowest BCUT2D eigenvalue weighted by Crippen LogP contribution is -2.27. The Labute approximate surface area is 177 Å². The number of carbonyl (C=O) groups excluding carboxylic acids is 1. The molecule has 1 fully saturated rings. The van der Waals surface area contributed by atoms with E-state index in [0.29, 0.717) is 30.1 Å². The molecule has 0 spiro atoms. The number of aryl methyl sites for hydroxylation is 1. The van der Waals surface area contributed by atoms with Crippen LogP contribution in [0.2, 0.25) is 0 Å². The number of methoxy groups -OCH3 is 1. The van der Waals surface area contributed by atoms with Gasteiger partial charge in [-0.2, -0.15) is 0 Å². The molecule has 0 unspecified atom stereocenters. The molecule has 1 aliphatic heterocycles. The molecule has 4 rings (SSSR count). The van der Waals surface area contributed by atoms with Crippen molar-refractivity contribution in [3.63, 3.8) is 0 Å². The van der Waals surface area contributed by atoms with Crippen LogP contribution >= 0.6 is 11.3 Å². The lowest BCUT2D eigenvalue weighted by molar-refractivity contribution is 0.0754. The highest BCUT2D eigenvalue weighted by molar-refractivity contribution is 7.94. The number of anilines is 1. The lowest BCUT2D eigenvalue weighted by Gasteiger charge is -2.11. The number of ether oxygens (including phenoxy) is 1. The highest BCUT2D eigenvalue weighted by Gasteiger charge is 2.26. The summed E-state index contributed by atoms with van der Waals surface area (Å²) in [5, 5.41) is 9.33. The molecule has 158 valence electrons. The number of sulfonamides is 1. The van der Waals surface area contributed by atoms with Gasteiger partial charge in [-0.3, -0.25) is 9.52 Å². The Kier molecular flexibility index (Phi) is 5.48. The first-order valence-corrected chi connectivity index (χ1v) is 11.6. The van der Waals surface area contributed by atoms with Crippen LogP contribution in [0.4, 0.5) is 5.69 Å². The van der Waals surface area contributed by atoms with Crippen molar-refractivity contribution in [3.8, 4) is 17.2 Å². The van der Waals surface area contributed by atoms with Gasteiger partial charge in [-0.25, -0.2) is 8.42 Å². The molecule has 2 aromatic heterocycles. The van der Waals surface area contributed by atoms with Gasteiger partial charge >= 0.3 is 11.8 Å². The van der Waals surface area contributed by atoms with Crippen molar-refractivity contribution in [1.29, 1.82) is 0 Å². The van der Waals surface area contributed by atoms with E-state index in [2.05, 4.69) is 14.9 Å². The van der Waals surface area contributed by atoms with Crippen LogP contribution < -0.4 is 9.46 Å². The van der Waals surface area contributed by atoms with Crippen LogP contribution in [-0.2, 0) is 10.0 Å².